The minimum atomic E-state index is -1.27. The number of pyridine rings is 2. The summed E-state index contributed by atoms with van der Waals surface area (Å²) in [4.78, 5) is 30.1. The van der Waals surface area contributed by atoms with Crippen molar-refractivity contribution in [2.45, 2.75) is 0 Å². The van der Waals surface area contributed by atoms with Crippen molar-refractivity contribution in [1.82, 2.24) is 9.97 Å². The van der Waals surface area contributed by atoms with E-state index >= 15 is 0 Å². The lowest BCUT2D eigenvalue weighted by Crippen LogP contribution is -2.18. The second-order valence-electron chi connectivity index (χ2n) is 5.08. The zero-order valence-electron chi connectivity index (χ0n) is 12.8. The molecule has 2 N–H and O–H groups in total. The number of carbonyl (C=O) groups is 1. The maximum Gasteiger partial charge on any atom is 0.341 e. The third-order valence-electron chi connectivity index (χ3n) is 3.62. The van der Waals surface area contributed by atoms with E-state index in [4.69, 9.17) is 4.74 Å². The van der Waals surface area contributed by atoms with Gasteiger partial charge in [-0.2, -0.15) is 0 Å². The van der Waals surface area contributed by atoms with Crippen molar-refractivity contribution in [3.05, 3.63) is 70.8 Å². The lowest BCUT2D eigenvalue weighted by molar-refractivity contribution is 0.0695. The first kappa shape index (κ1) is 15.5. The number of carboxylic acids is 1. The molecule has 0 aliphatic carbocycles. The van der Waals surface area contributed by atoms with Crippen molar-refractivity contribution in [2.75, 3.05) is 7.11 Å². The molecule has 0 bridgehead atoms. The molecule has 2 heterocycles. The molecule has 0 fully saturated rings. The summed E-state index contributed by atoms with van der Waals surface area (Å²) in [5.41, 5.74) is 1.60. The monoisotopic (exact) mass is 322 g/mol. The molecule has 0 atom stereocenters. The van der Waals surface area contributed by atoms with Gasteiger partial charge in [0, 0.05) is 23.5 Å². The predicted molar refractivity (Wildman–Crippen MR) is 89.2 cm³/mol. The molecule has 3 aromatic rings. The first-order valence-corrected chi connectivity index (χ1v) is 7.15. The number of rotatable bonds is 4. The molecule has 0 unspecified atom stereocenters. The summed E-state index contributed by atoms with van der Waals surface area (Å²) >= 11 is 0. The number of nitrogens with zero attached hydrogens (tertiary/aromatic N) is 1. The summed E-state index contributed by atoms with van der Waals surface area (Å²) < 4.78 is 5.14. The molecular formula is C18H14N2O4. The highest BCUT2D eigenvalue weighted by atomic mass is 16.5. The Morgan fingerprint density at radius 3 is 2.50 bits per heavy atom. The van der Waals surface area contributed by atoms with Gasteiger partial charge in [0.1, 0.15) is 11.3 Å². The Labute approximate surface area is 137 Å². The van der Waals surface area contributed by atoms with Gasteiger partial charge in [0.05, 0.1) is 12.8 Å². The fourth-order valence-electron chi connectivity index (χ4n) is 2.43. The Kier molecular flexibility index (Phi) is 4.11. The molecule has 0 radical (unpaired) electrons. The molecular weight excluding hydrogens is 308 g/mol. The second-order valence-corrected chi connectivity index (χ2v) is 5.08. The zero-order valence-corrected chi connectivity index (χ0v) is 12.8. The summed E-state index contributed by atoms with van der Waals surface area (Å²) in [5.74, 6) is -0.590. The average Bonchev–Trinajstić information content (AvgIpc) is 2.62. The van der Waals surface area contributed by atoms with Crippen LogP contribution in [0.3, 0.4) is 0 Å². The number of benzene rings is 1. The van der Waals surface area contributed by atoms with Gasteiger partial charge in [-0.1, -0.05) is 12.1 Å². The van der Waals surface area contributed by atoms with E-state index in [1.165, 1.54) is 6.07 Å². The Hall–Kier alpha value is -3.41. The molecule has 1 aromatic carbocycles. The molecule has 0 spiro atoms. The van der Waals surface area contributed by atoms with E-state index in [-0.39, 0.29) is 5.56 Å². The topological polar surface area (TPSA) is 92.3 Å². The minimum Gasteiger partial charge on any atom is -0.497 e. The highest BCUT2D eigenvalue weighted by Crippen LogP contribution is 2.30. The van der Waals surface area contributed by atoms with Crippen LogP contribution >= 0.6 is 0 Å². The van der Waals surface area contributed by atoms with Crippen LogP contribution in [0.5, 0.6) is 5.75 Å². The third-order valence-corrected chi connectivity index (χ3v) is 3.62. The van der Waals surface area contributed by atoms with Crippen molar-refractivity contribution in [2.24, 2.45) is 0 Å². The number of ether oxygens (including phenoxy) is 1. The smallest absolute Gasteiger partial charge is 0.341 e. The number of aromatic nitrogens is 2. The molecule has 120 valence electrons. The Bertz CT molecular complexity index is 931. The SMILES string of the molecule is COc1ccc(-c2cc(C(=O)O)c(=O)[nH]c2-c2cccnc2)cc1. The number of carboxylic acid groups (broad SMARTS) is 1. The van der Waals surface area contributed by atoms with Crippen LogP contribution in [0.15, 0.2) is 59.7 Å². The van der Waals surface area contributed by atoms with Crippen LogP contribution in [-0.4, -0.2) is 28.2 Å². The summed E-state index contributed by atoms with van der Waals surface area (Å²) in [6.07, 6.45) is 3.24. The second kappa shape index (κ2) is 6.37. The predicted octanol–water partition coefficient (Wildman–Crippen LogP) is 2.81. The van der Waals surface area contributed by atoms with Gasteiger partial charge in [0.15, 0.2) is 0 Å². The molecule has 6 heteroatoms. The number of aromatic carboxylic acids is 1. The van der Waals surface area contributed by atoms with Gasteiger partial charge < -0.3 is 14.8 Å². The van der Waals surface area contributed by atoms with Crippen LogP contribution in [0, 0.1) is 0 Å². The summed E-state index contributed by atoms with van der Waals surface area (Å²) in [6, 6.07) is 12.1. The van der Waals surface area contributed by atoms with Gasteiger partial charge in [-0.15, -0.1) is 0 Å². The number of aromatic amines is 1. The largest absolute Gasteiger partial charge is 0.497 e. The van der Waals surface area contributed by atoms with Crippen molar-refractivity contribution in [1.29, 1.82) is 0 Å². The standard InChI is InChI=1S/C18H14N2O4/c1-24-13-6-4-11(5-7-13)14-9-15(18(22)23)17(21)20-16(14)12-3-2-8-19-10-12/h2-10H,1H3,(H,20,21)(H,22,23). The first-order chi connectivity index (χ1) is 11.6. The Morgan fingerprint density at radius 2 is 1.92 bits per heavy atom. The van der Waals surface area contributed by atoms with Crippen molar-refractivity contribution < 1.29 is 14.6 Å². The van der Waals surface area contributed by atoms with E-state index in [0.29, 0.717) is 22.6 Å². The van der Waals surface area contributed by atoms with E-state index < -0.39 is 11.5 Å². The van der Waals surface area contributed by atoms with Crippen molar-refractivity contribution >= 4 is 5.97 Å². The van der Waals surface area contributed by atoms with Crippen LogP contribution in [0.1, 0.15) is 10.4 Å². The molecule has 0 amide bonds. The van der Waals surface area contributed by atoms with E-state index in [2.05, 4.69) is 9.97 Å². The number of nitrogens with one attached hydrogen (secondary N) is 1. The minimum absolute atomic E-state index is 0.312. The summed E-state index contributed by atoms with van der Waals surface area (Å²) in [7, 11) is 1.57. The molecule has 0 saturated heterocycles. The molecule has 6 nitrogen and oxygen atoms in total. The van der Waals surface area contributed by atoms with Crippen LogP contribution < -0.4 is 10.3 Å². The number of methoxy groups -OCH3 is 1. The van der Waals surface area contributed by atoms with Crippen LogP contribution in [0.4, 0.5) is 0 Å². The Morgan fingerprint density at radius 1 is 1.17 bits per heavy atom. The van der Waals surface area contributed by atoms with E-state index in [0.717, 1.165) is 5.56 Å². The maximum atomic E-state index is 12.1. The molecule has 24 heavy (non-hydrogen) atoms. The first-order valence-electron chi connectivity index (χ1n) is 7.15. The van der Waals surface area contributed by atoms with Crippen molar-refractivity contribution in [3.8, 4) is 28.1 Å². The van der Waals surface area contributed by atoms with Crippen LogP contribution in [0.2, 0.25) is 0 Å². The highest BCUT2D eigenvalue weighted by molar-refractivity contribution is 5.91. The number of hydrogen-bond acceptors (Lipinski definition) is 4. The normalized spacial score (nSPS) is 10.4. The van der Waals surface area contributed by atoms with E-state index in [1.54, 1.807) is 55.9 Å². The average molecular weight is 322 g/mol. The molecule has 0 aliphatic heterocycles. The number of H-pyrrole nitrogens is 1. The fourth-order valence-corrected chi connectivity index (χ4v) is 2.43. The van der Waals surface area contributed by atoms with Crippen LogP contribution in [-0.2, 0) is 0 Å². The van der Waals surface area contributed by atoms with E-state index in [9.17, 15) is 14.7 Å². The third kappa shape index (κ3) is 2.89. The van der Waals surface area contributed by atoms with Gasteiger partial charge in [0.25, 0.3) is 5.56 Å². The van der Waals surface area contributed by atoms with Crippen molar-refractivity contribution in [3.63, 3.8) is 0 Å². The zero-order chi connectivity index (χ0) is 17.1. The maximum absolute atomic E-state index is 12.1. The fraction of sp³-hybridized carbons (Fsp3) is 0.0556. The number of hydrogen-bond donors (Lipinski definition) is 2. The highest BCUT2D eigenvalue weighted by Gasteiger charge is 2.16. The molecule has 3 rings (SSSR count). The quantitative estimate of drug-likeness (QED) is 0.770. The molecule has 0 saturated carbocycles. The lowest BCUT2D eigenvalue weighted by Gasteiger charge is -2.11. The molecule has 0 aliphatic rings. The van der Waals surface area contributed by atoms with Gasteiger partial charge in [-0.25, -0.2) is 4.79 Å². The van der Waals surface area contributed by atoms with Crippen LogP contribution in [0.25, 0.3) is 22.4 Å². The summed E-state index contributed by atoms with van der Waals surface area (Å²) in [5, 5.41) is 9.23. The Balaban J connectivity index is 2.26. The molecule has 2 aromatic heterocycles. The van der Waals surface area contributed by atoms with Gasteiger partial charge in [-0.05, 0) is 35.9 Å². The van der Waals surface area contributed by atoms with E-state index in [1.807, 2.05) is 0 Å². The van der Waals surface area contributed by atoms with Gasteiger partial charge >= 0.3 is 5.97 Å². The van der Waals surface area contributed by atoms with Gasteiger partial charge in [-0.3, -0.25) is 9.78 Å². The summed E-state index contributed by atoms with van der Waals surface area (Å²) in [6.45, 7) is 0. The van der Waals surface area contributed by atoms with Gasteiger partial charge in [0.2, 0.25) is 0 Å². The lowest BCUT2D eigenvalue weighted by atomic mass is 9.98.